The van der Waals surface area contributed by atoms with Gasteiger partial charge in [-0.3, -0.25) is 0 Å². The maximum atomic E-state index is 11.5. The molecule has 2 atom stereocenters. The Morgan fingerprint density at radius 1 is 1.44 bits per heavy atom. The Hall–Kier alpha value is -1.55. The van der Waals surface area contributed by atoms with Gasteiger partial charge >= 0.3 is 6.09 Å². The zero-order valence-electron chi connectivity index (χ0n) is 9.18. The quantitative estimate of drug-likeness (QED) is 0.830. The summed E-state index contributed by atoms with van der Waals surface area (Å²) in [6.07, 6.45) is 0.474. The molecular weight excluding hydrogens is 206 g/mol. The molecule has 1 fully saturated rings. The van der Waals surface area contributed by atoms with E-state index in [2.05, 4.69) is 5.32 Å². The van der Waals surface area contributed by atoms with Gasteiger partial charge in [-0.1, -0.05) is 18.2 Å². The van der Waals surface area contributed by atoms with Crippen LogP contribution >= 0.6 is 0 Å². The maximum absolute atomic E-state index is 11.5. The number of ether oxygens (including phenoxy) is 2. The van der Waals surface area contributed by atoms with Crippen molar-refractivity contribution in [3.05, 3.63) is 30.3 Å². The van der Waals surface area contributed by atoms with Crippen molar-refractivity contribution >= 4 is 6.09 Å². The monoisotopic (exact) mass is 221 g/mol. The third-order valence-electron chi connectivity index (χ3n) is 2.63. The van der Waals surface area contributed by atoms with E-state index in [0.29, 0.717) is 12.4 Å². The number of benzene rings is 1. The van der Waals surface area contributed by atoms with Gasteiger partial charge in [-0.2, -0.15) is 0 Å². The lowest BCUT2D eigenvalue weighted by atomic mass is 10.2. The molecule has 1 saturated heterocycles. The highest BCUT2D eigenvalue weighted by atomic mass is 16.6. The van der Waals surface area contributed by atoms with E-state index in [0.717, 1.165) is 6.42 Å². The van der Waals surface area contributed by atoms with Gasteiger partial charge in [0.2, 0.25) is 0 Å². The van der Waals surface area contributed by atoms with E-state index in [4.69, 9.17) is 9.47 Å². The molecule has 1 aromatic carbocycles. The van der Waals surface area contributed by atoms with Gasteiger partial charge in [-0.15, -0.1) is 0 Å². The van der Waals surface area contributed by atoms with Crippen LogP contribution < -0.4 is 10.1 Å². The van der Waals surface area contributed by atoms with Gasteiger partial charge < -0.3 is 14.8 Å². The first-order chi connectivity index (χ1) is 7.75. The van der Waals surface area contributed by atoms with Crippen molar-refractivity contribution in [1.29, 1.82) is 0 Å². The molecule has 0 aromatic heterocycles. The minimum absolute atomic E-state index is 0.0520. The Morgan fingerprint density at radius 2 is 2.19 bits per heavy atom. The third kappa shape index (κ3) is 2.73. The second kappa shape index (κ2) is 4.99. The maximum Gasteiger partial charge on any atom is 0.412 e. The summed E-state index contributed by atoms with van der Waals surface area (Å²) in [6, 6.07) is 9.06. The zero-order valence-corrected chi connectivity index (χ0v) is 9.18. The van der Waals surface area contributed by atoms with Crippen molar-refractivity contribution in [2.45, 2.75) is 25.5 Å². The lowest BCUT2D eigenvalue weighted by molar-refractivity contribution is 0.111. The number of carbonyl (C=O) groups excluding carboxylic acids is 1. The number of hydrogen-bond donors (Lipinski definition) is 1. The van der Waals surface area contributed by atoms with E-state index in [1.54, 1.807) is 12.1 Å². The van der Waals surface area contributed by atoms with Crippen molar-refractivity contribution < 1.29 is 14.3 Å². The molecule has 1 aromatic rings. The first-order valence-electron chi connectivity index (χ1n) is 5.41. The topological polar surface area (TPSA) is 47.6 Å². The minimum Gasteiger partial charge on any atom is -0.410 e. The van der Waals surface area contributed by atoms with Crippen LogP contribution in [0, 0.1) is 0 Å². The molecular formula is C12H15NO3. The van der Waals surface area contributed by atoms with Crippen LogP contribution in [0.15, 0.2) is 30.3 Å². The summed E-state index contributed by atoms with van der Waals surface area (Å²) >= 11 is 0. The van der Waals surface area contributed by atoms with Crippen molar-refractivity contribution in [2.24, 2.45) is 0 Å². The summed E-state index contributed by atoms with van der Waals surface area (Å²) in [5.74, 6) is 0.548. The predicted octanol–water partition coefficient (Wildman–Crippen LogP) is 1.95. The summed E-state index contributed by atoms with van der Waals surface area (Å²) < 4.78 is 10.5. The molecule has 1 N–H and O–H groups in total. The van der Waals surface area contributed by atoms with Gasteiger partial charge in [0.1, 0.15) is 5.75 Å². The highest BCUT2D eigenvalue weighted by Crippen LogP contribution is 2.13. The van der Waals surface area contributed by atoms with Crippen LogP contribution in [0.2, 0.25) is 0 Å². The molecule has 0 radical (unpaired) electrons. The minimum atomic E-state index is -0.423. The van der Waals surface area contributed by atoms with E-state index < -0.39 is 6.09 Å². The van der Waals surface area contributed by atoms with Gasteiger partial charge in [0.05, 0.1) is 12.1 Å². The Kier molecular flexibility index (Phi) is 3.41. The molecule has 86 valence electrons. The van der Waals surface area contributed by atoms with Gasteiger partial charge in [0.25, 0.3) is 0 Å². The molecule has 2 rings (SSSR count). The lowest BCUT2D eigenvalue weighted by Gasteiger charge is -2.15. The number of rotatable bonds is 2. The molecule has 1 amide bonds. The first-order valence-corrected chi connectivity index (χ1v) is 5.41. The molecule has 0 saturated carbocycles. The van der Waals surface area contributed by atoms with Gasteiger partial charge in [-0.25, -0.2) is 4.79 Å². The fraction of sp³-hybridized carbons (Fsp3) is 0.417. The van der Waals surface area contributed by atoms with Crippen molar-refractivity contribution in [3.8, 4) is 5.75 Å². The lowest BCUT2D eigenvalue weighted by Crippen LogP contribution is -2.40. The molecule has 1 aliphatic heterocycles. The smallest absolute Gasteiger partial charge is 0.410 e. The van der Waals surface area contributed by atoms with Gasteiger partial charge in [0, 0.05) is 6.61 Å². The summed E-state index contributed by atoms with van der Waals surface area (Å²) in [5, 5.41) is 2.79. The average Bonchev–Trinajstić information content (AvgIpc) is 2.66. The second-order valence-electron chi connectivity index (χ2n) is 3.82. The van der Waals surface area contributed by atoms with Crippen LogP contribution in [0.3, 0.4) is 0 Å². The van der Waals surface area contributed by atoms with E-state index in [-0.39, 0.29) is 12.1 Å². The molecule has 0 spiro atoms. The summed E-state index contributed by atoms with van der Waals surface area (Å²) in [5.41, 5.74) is 0. The van der Waals surface area contributed by atoms with Crippen LogP contribution in [0.1, 0.15) is 13.3 Å². The molecule has 1 heterocycles. The SMILES string of the molecule is CC1OCCC1NC(=O)Oc1ccccc1. The molecule has 2 unspecified atom stereocenters. The van der Waals surface area contributed by atoms with Gasteiger partial charge in [0.15, 0.2) is 0 Å². The van der Waals surface area contributed by atoms with Crippen LogP contribution in [-0.4, -0.2) is 24.8 Å². The van der Waals surface area contributed by atoms with Gasteiger partial charge in [-0.05, 0) is 25.5 Å². The van der Waals surface area contributed by atoms with Crippen LogP contribution in [0.5, 0.6) is 5.75 Å². The Morgan fingerprint density at radius 3 is 2.81 bits per heavy atom. The van der Waals surface area contributed by atoms with Crippen molar-refractivity contribution in [3.63, 3.8) is 0 Å². The fourth-order valence-electron chi connectivity index (χ4n) is 1.70. The number of carbonyl (C=O) groups is 1. The van der Waals surface area contributed by atoms with E-state index in [1.807, 2.05) is 25.1 Å². The summed E-state index contributed by atoms with van der Waals surface area (Å²) in [7, 11) is 0. The third-order valence-corrected chi connectivity index (χ3v) is 2.63. The molecule has 0 aliphatic carbocycles. The largest absolute Gasteiger partial charge is 0.412 e. The highest BCUT2D eigenvalue weighted by molar-refractivity contribution is 5.70. The highest BCUT2D eigenvalue weighted by Gasteiger charge is 2.26. The number of nitrogens with one attached hydrogen (secondary N) is 1. The Bertz CT molecular complexity index is 353. The van der Waals surface area contributed by atoms with Crippen LogP contribution in [0.4, 0.5) is 4.79 Å². The molecule has 1 aliphatic rings. The predicted molar refractivity (Wildman–Crippen MR) is 59.4 cm³/mol. The molecule has 16 heavy (non-hydrogen) atoms. The van der Waals surface area contributed by atoms with E-state index >= 15 is 0 Å². The van der Waals surface area contributed by atoms with E-state index in [1.165, 1.54) is 0 Å². The Labute approximate surface area is 94.6 Å². The van der Waals surface area contributed by atoms with Crippen molar-refractivity contribution in [1.82, 2.24) is 5.32 Å². The molecule has 0 bridgehead atoms. The number of amides is 1. The molecule has 4 nitrogen and oxygen atoms in total. The summed E-state index contributed by atoms with van der Waals surface area (Å²) in [4.78, 5) is 11.5. The van der Waals surface area contributed by atoms with Crippen LogP contribution in [-0.2, 0) is 4.74 Å². The van der Waals surface area contributed by atoms with Crippen LogP contribution in [0.25, 0.3) is 0 Å². The standard InChI is InChI=1S/C12H15NO3/c1-9-11(7-8-15-9)13-12(14)16-10-5-3-2-4-6-10/h2-6,9,11H,7-8H2,1H3,(H,13,14). The zero-order chi connectivity index (χ0) is 11.4. The summed E-state index contributed by atoms with van der Waals surface area (Å²) in [6.45, 7) is 2.64. The molecule has 4 heteroatoms. The van der Waals surface area contributed by atoms with E-state index in [9.17, 15) is 4.79 Å². The number of hydrogen-bond acceptors (Lipinski definition) is 3. The normalized spacial score (nSPS) is 24.1. The first kappa shape index (κ1) is 11.0. The van der Waals surface area contributed by atoms with Crippen molar-refractivity contribution in [2.75, 3.05) is 6.61 Å². The fourth-order valence-corrected chi connectivity index (χ4v) is 1.70. The number of para-hydroxylation sites is 1. The second-order valence-corrected chi connectivity index (χ2v) is 3.82. The Balaban J connectivity index is 1.85. The average molecular weight is 221 g/mol.